The summed E-state index contributed by atoms with van der Waals surface area (Å²) in [7, 11) is 1.80. The lowest BCUT2D eigenvalue weighted by atomic mass is 9.47. The lowest BCUT2D eigenvalue weighted by Gasteiger charge is -2.58. The maximum absolute atomic E-state index is 6.41. The van der Waals surface area contributed by atoms with Gasteiger partial charge in [0.25, 0.3) is 0 Å². The first-order valence-electron chi connectivity index (χ1n) is 14.8. The molecule has 34 heavy (non-hydrogen) atoms. The third kappa shape index (κ3) is 4.97. The summed E-state index contributed by atoms with van der Waals surface area (Å²) in [5, 5.41) is 0. The maximum Gasteiger partial charge on any atom is 0.157 e. The van der Waals surface area contributed by atoms with E-state index in [9.17, 15) is 0 Å². The SMILES string of the molecule is CCCC(OC)OC1CCC2(C)C(=CCC3C2CCC2(C)C(/C(C)=C\CCC(C)C)CCC32)C1. The molecule has 0 N–H and O–H groups in total. The van der Waals surface area contributed by atoms with Gasteiger partial charge in [-0.2, -0.15) is 0 Å². The van der Waals surface area contributed by atoms with E-state index in [1.165, 1.54) is 57.8 Å². The molecule has 4 rings (SSSR count). The molecule has 0 aromatic rings. The van der Waals surface area contributed by atoms with Crippen LogP contribution in [0, 0.1) is 40.4 Å². The molecule has 8 unspecified atom stereocenters. The lowest BCUT2D eigenvalue weighted by molar-refractivity contribution is -0.168. The first-order valence-corrected chi connectivity index (χ1v) is 14.8. The Morgan fingerprint density at radius 1 is 1.09 bits per heavy atom. The van der Waals surface area contributed by atoms with Crippen LogP contribution in [-0.2, 0) is 9.47 Å². The molecule has 3 fully saturated rings. The Kier molecular flexibility index (Phi) is 8.40. The van der Waals surface area contributed by atoms with E-state index in [4.69, 9.17) is 9.47 Å². The van der Waals surface area contributed by atoms with E-state index in [1.807, 2.05) is 0 Å². The summed E-state index contributed by atoms with van der Waals surface area (Å²) >= 11 is 0. The van der Waals surface area contributed by atoms with Crippen molar-refractivity contribution in [1.82, 2.24) is 0 Å². The van der Waals surface area contributed by atoms with Gasteiger partial charge in [-0.15, -0.1) is 0 Å². The first-order chi connectivity index (χ1) is 16.2. The topological polar surface area (TPSA) is 18.5 Å². The molecule has 0 saturated heterocycles. The van der Waals surface area contributed by atoms with Gasteiger partial charge in [0.15, 0.2) is 6.29 Å². The largest absolute Gasteiger partial charge is 0.356 e. The van der Waals surface area contributed by atoms with Crippen LogP contribution in [0.15, 0.2) is 23.3 Å². The molecule has 3 saturated carbocycles. The number of hydrogen-bond donors (Lipinski definition) is 0. The minimum atomic E-state index is -0.0288. The summed E-state index contributed by atoms with van der Waals surface area (Å²) in [5.41, 5.74) is 4.35. The zero-order valence-corrected chi connectivity index (χ0v) is 23.5. The molecule has 194 valence electrons. The van der Waals surface area contributed by atoms with Crippen molar-refractivity contribution in [3.8, 4) is 0 Å². The normalized spacial score (nSPS) is 41.0. The highest BCUT2D eigenvalue weighted by molar-refractivity contribution is 5.26. The van der Waals surface area contributed by atoms with Crippen molar-refractivity contribution in [1.29, 1.82) is 0 Å². The molecule has 0 heterocycles. The number of hydrogen-bond acceptors (Lipinski definition) is 2. The second-order valence-electron chi connectivity index (χ2n) is 13.3. The third-order valence-electron chi connectivity index (χ3n) is 11.0. The van der Waals surface area contributed by atoms with Crippen LogP contribution in [0.2, 0.25) is 0 Å². The third-order valence-corrected chi connectivity index (χ3v) is 11.0. The Bertz CT molecular complexity index is 750. The number of rotatable bonds is 9. The second kappa shape index (κ2) is 10.8. The number of fused-ring (bicyclic) bond motifs is 5. The minimum Gasteiger partial charge on any atom is -0.356 e. The zero-order chi connectivity index (χ0) is 24.5. The molecule has 0 aromatic heterocycles. The highest BCUT2D eigenvalue weighted by atomic mass is 16.7. The molecule has 2 nitrogen and oxygen atoms in total. The van der Waals surface area contributed by atoms with Gasteiger partial charge in [0.2, 0.25) is 0 Å². The first kappa shape index (κ1) is 26.5. The van der Waals surface area contributed by atoms with Gasteiger partial charge in [0.1, 0.15) is 0 Å². The summed E-state index contributed by atoms with van der Waals surface area (Å²) in [4.78, 5) is 0. The van der Waals surface area contributed by atoms with Gasteiger partial charge in [-0.05, 0) is 118 Å². The van der Waals surface area contributed by atoms with E-state index in [0.717, 1.165) is 48.9 Å². The van der Waals surface area contributed by atoms with E-state index in [2.05, 4.69) is 53.7 Å². The zero-order valence-electron chi connectivity index (χ0n) is 23.5. The number of methoxy groups -OCH3 is 1. The monoisotopic (exact) mass is 470 g/mol. The summed E-state index contributed by atoms with van der Waals surface area (Å²) in [6, 6.07) is 0. The Balaban J connectivity index is 1.46. The predicted octanol–water partition coefficient (Wildman–Crippen LogP) is 9.11. The van der Waals surface area contributed by atoms with Crippen LogP contribution < -0.4 is 0 Å². The fourth-order valence-electron chi connectivity index (χ4n) is 8.97. The van der Waals surface area contributed by atoms with Crippen molar-refractivity contribution in [2.45, 2.75) is 131 Å². The van der Waals surface area contributed by atoms with Crippen molar-refractivity contribution >= 4 is 0 Å². The van der Waals surface area contributed by atoms with Gasteiger partial charge in [-0.3, -0.25) is 0 Å². The van der Waals surface area contributed by atoms with Gasteiger partial charge in [0.05, 0.1) is 6.10 Å². The van der Waals surface area contributed by atoms with Crippen LogP contribution in [0.4, 0.5) is 0 Å². The Morgan fingerprint density at radius 2 is 1.88 bits per heavy atom. The lowest BCUT2D eigenvalue weighted by Crippen LogP contribution is -2.50. The van der Waals surface area contributed by atoms with E-state index in [0.29, 0.717) is 16.9 Å². The average molecular weight is 471 g/mol. The molecule has 0 spiro atoms. The number of allylic oxidation sites excluding steroid dienone is 3. The van der Waals surface area contributed by atoms with Crippen LogP contribution in [0.5, 0.6) is 0 Å². The molecule has 2 heteroatoms. The van der Waals surface area contributed by atoms with Gasteiger partial charge in [-0.25, -0.2) is 0 Å². The van der Waals surface area contributed by atoms with Crippen molar-refractivity contribution < 1.29 is 9.47 Å². The van der Waals surface area contributed by atoms with E-state index < -0.39 is 0 Å². The Hall–Kier alpha value is -0.600. The van der Waals surface area contributed by atoms with Gasteiger partial charge >= 0.3 is 0 Å². The van der Waals surface area contributed by atoms with Crippen LogP contribution in [0.1, 0.15) is 119 Å². The summed E-state index contributed by atoms with van der Waals surface area (Å²) < 4.78 is 12.0. The highest BCUT2D eigenvalue weighted by Crippen LogP contribution is 2.67. The quantitative estimate of drug-likeness (QED) is 0.247. The minimum absolute atomic E-state index is 0.0288. The predicted molar refractivity (Wildman–Crippen MR) is 144 cm³/mol. The highest BCUT2D eigenvalue weighted by Gasteiger charge is 2.58. The smallest absolute Gasteiger partial charge is 0.157 e. The van der Waals surface area contributed by atoms with E-state index in [-0.39, 0.29) is 6.29 Å². The van der Waals surface area contributed by atoms with Gasteiger partial charge in [0, 0.05) is 7.11 Å². The Morgan fingerprint density at radius 3 is 2.59 bits per heavy atom. The second-order valence-corrected chi connectivity index (χ2v) is 13.3. The molecule has 8 atom stereocenters. The fraction of sp³-hybridized carbons (Fsp3) is 0.875. The molecule has 4 aliphatic rings. The molecule has 0 radical (unpaired) electrons. The van der Waals surface area contributed by atoms with Crippen LogP contribution in [0.25, 0.3) is 0 Å². The summed E-state index contributed by atoms with van der Waals surface area (Å²) in [6.45, 7) is 14.7. The molecule has 0 aromatic carbocycles. The summed E-state index contributed by atoms with van der Waals surface area (Å²) in [6.07, 6.45) is 21.0. The number of ether oxygens (including phenoxy) is 2. The van der Waals surface area contributed by atoms with Crippen LogP contribution >= 0.6 is 0 Å². The standard InChI is InChI=1S/C32H54O2/c1-8-10-30(33-7)34-25-17-19-31(5)24(21-25)13-14-26-28-16-15-27(23(4)12-9-11-22(2)3)32(28,6)20-18-29(26)31/h12-13,22,25-30H,8-11,14-21H2,1-7H3/b23-12-. The average Bonchev–Trinajstić information content (AvgIpc) is 3.16. The van der Waals surface area contributed by atoms with Gasteiger partial charge in [-0.1, -0.05) is 64.3 Å². The molecule has 0 bridgehead atoms. The van der Waals surface area contributed by atoms with Crippen LogP contribution in [-0.4, -0.2) is 19.5 Å². The Labute approximate surface area is 211 Å². The maximum atomic E-state index is 6.41. The van der Waals surface area contributed by atoms with Crippen molar-refractivity contribution in [2.75, 3.05) is 7.11 Å². The molecule has 0 aliphatic heterocycles. The molecule has 0 amide bonds. The van der Waals surface area contributed by atoms with E-state index >= 15 is 0 Å². The molecule has 4 aliphatic carbocycles. The molecular weight excluding hydrogens is 416 g/mol. The fourth-order valence-corrected chi connectivity index (χ4v) is 8.97. The van der Waals surface area contributed by atoms with Crippen LogP contribution in [0.3, 0.4) is 0 Å². The van der Waals surface area contributed by atoms with E-state index in [1.54, 1.807) is 18.3 Å². The van der Waals surface area contributed by atoms with Crippen molar-refractivity contribution in [3.63, 3.8) is 0 Å². The van der Waals surface area contributed by atoms with Crippen molar-refractivity contribution in [2.24, 2.45) is 40.4 Å². The van der Waals surface area contributed by atoms with Gasteiger partial charge < -0.3 is 9.47 Å². The molecular formula is C32H54O2. The summed E-state index contributed by atoms with van der Waals surface area (Å²) in [5.74, 6) is 4.31. The van der Waals surface area contributed by atoms with Crippen molar-refractivity contribution in [3.05, 3.63) is 23.3 Å².